The first-order valence-electron chi connectivity index (χ1n) is 15.9. The van der Waals surface area contributed by atoms with Crippen LogP contribution in [0.5, 0.6) is 0 Å². The molecule has 5 aromatic carbocycles. The van der Waals surface area contributed by atoms with Crippen molar-refractivity contribution in [2.45, 2.75) is 20.8 Å². The van der Waals surface area contributed by atoms with Crippen molar-refractivity contribution in [2.24, 2.45) is 0 Å². The number of hydrogen-bond acceptors (Lipinski definition) is 4. The van der Waals surface area contributed by atoms with Crippen LogP contribution in [0.3, 0.4) is 0 Å². The van der Waals surface area contributed by atoms with Crippen molar-refractivity contribution in [1.29, 1.82) is 0 Å². The lowest BCUT2D eigenvalue weighted by Crippen LogP contribution is -2.12. The summed E-state index contributed by atoms with van der Waals surface area (Å²) in [6.45, 7) is 6.43. The van der Waals surface area contributed by atoms with Gasteiger partial charge in [-0.15, -0.1) is 0 Å². The third-order valence-electron chi connectivity index (χ3n) is 8.86. The second-order valence-electron chi connectivity index (χ2n) is 12.1. The van der Waals surface area contributed by atoms with E-state index < -0.39 is 0 Å². The predicted molar refractivity (Wildman–Crippen MR) is 195 cm³/mol. The fourth-order valence-electron chi connectivity index (χ4n) is 6.40. The van der Waals surface area contributed by atoms with Crippen LogP contribution < -0.4 is 4.90 Å². The molecule has 0 aliphatic rings. The molecule has 0 unspecified atom stereocenters. The first-order valence-corrected chi connectivity index (χ1v) is 15.9. The molecule has 8 rings (SSSR count). The Hall–Kier alpha value is -6.00. The van der Waals surface area contributed by atoms with E-state index in [2.05, 4.69) is 141 Å². The molecule has 47 heavy (non-hydrogen) atoms. The molecule has 226 valence electrons. The monoisotopic (exact) mass is 607 g/mol. The average Bonchev–Trinajstić information content (AvgIpc) is 3.49. The maximum atomic E-state index is 6.06. The Morgan fingerprint density at radius 1 is 0.489 bits per heavy atom. The zero-order valence-corrected chi connectivity index (χ0v) is 26.6. The summed E-state index contributed by atoms with van der Waals surface area (Å²) in [6, 6.07) is 46.9. The van der Waals surface area contributed by atoms with Gasteiger partial charge in [-0.2, -0.15) is 0 Å². The number of anilines is 3. The summed E-state index contributed by atoms with van der Waals surface area (Å²) < 4.78 is 6.06. The van der Waals surface area contributed by atoms with E-state index >= 15 is 0 Å². The van der Waals surface area contributed by atoms with Crippen molar-refractivity contribution >= 4 is 39.0 Å². The summed E-state index contributed by atoms with van der Waals surface area (Å²) in [5, 5.41) is 2.16. The predicted octanol–water partition coefficient (Wildman–Crippen LogP) is 11.8. The summed E-state index contributed by atoms with van der Waals surface area (Å²) in [7, 11) is 0. The molecule has 3 aromatic heterocycles. The topological polar surface area (TPSA) is 42.2 Å². The zero-order valence-electron chi connectivity index (χ0n) is 26.6. The van der Waals surface area contributed by atoms with Crippen LogP contribution in [-0.2, 0) is 0 Å². The maximum absolute atomic E-state index is 6.06. The number of para-hydroxylation sites is 1. The lowest BCUT2D eigenvalue weighted by Gasteiger charge is -2.28. The van der Waals surface area contributed by atoms with Gasteiger partial charge >= 0.3 is 0 Å². The van der Waals surface area contributed by atoms with E-state index in [1.165, 1.54) is 22.3 Å². The molecule has 0 spiro atoms. The molecular weight excluding hydrogens is 574 g/mol. The van der Waals surface area contributed by atoms with Gasteiger partial charge in [-0.05, 0) is 97.1 Å². The van der Waals surface area contributed by atoms with Gasteiger partial charge in [-0.1, -0.05) is 84.9 Å². The van der Waals surface area contributed by atoms with Gasteiger partial charge in [-0.3, -0.25) is 9.97 Å². The van der Waals surface area contributed by atoms with Crippen molar-refractivity contribution in [3.8, 4) is 33.6 Å². The van der Waals surface area contributed by atoms with Crippen LogP contribution in [0.15, 0.2) is 150 Å². The Balaban J connectivity index is 1.25. The molecule has 0 radical (unpaired) electrons. The highest BCUT2D eigenvalue weighted by Gasteiger charge is 2.18. The number of aromatic nitrogens is 2. The smallest absolute Gasteiger partial charge is 0.153 e. The summed E-state index contributed by atoms with van der Waals surface area (Å²) >= 11 is 0. The highest BCUT2D eigenvalue weighted by atomic mass is 16.3. The molecule has 3 heterocycles. The first-order chi connectivity index (χ1) is 23.0. The summed E-state index contributed by atoms with van der Waals surface area (Å²) in [6.07, 6.45) is 3.81. The third kappa shape index (κ3) is 5.34. The molecule has 0 atom stereocenters. The number of pyridine rings is 2. The summed E-state index contributed by atoms with van der Waals surface area (Å²) in [5.74, 6) is 0. The van der Waals surface area contributed by atoms with Crippen LogP contribution in [0, 0.1) is 20.8 Å². The molecule has 4 heteroatoms. The molecular formula is C43H33N3O. The van der Waals surface area contributed by atoms with Crippen LogP contribution in [0.2, 0.25) is 0 Å². The van der Waals surface area contributed by atoms with E-state index in [0.717, 1.165) is 67.1 Å². The van der Waals surface area contributed by atoms with Crippen molar-refractivity contribution in [2.75, 3.05) is 4.90 Å². The number of nitrogens with zero attached hydrogens (tertiary/aromatic N) is 3. The van der Waals surface area contributed by atoms with Crippen molar-refractivity contribution in [3.05, 3.63) is 163 Å². The number of benzene rings is 5. The van der Waals surface area contributed by atoms with E-state index in [1.54, 1.807) is 0 Å². The first kappa shape index (κ1) is 28.5. The second-order valence-corrected chi connectivity index (χ2v) is 12.1. The molecule has 0 saturated carbocycles. The Labute approximate surface area is 274 Å². The van der Waals surface area contributed by atoms with Crippen LogP contribution in [0.4, 0.5) is 17.1 Å². The Morgan fingerprint density at radius 2 is 1.15 bits per heavy atom. The zero-order chi connectivity index (χ0) is 31.9. The lowest BCUT2D eigenvalue weighted by molar-refractivity contribution is 0.667. The van der Waals surface area contributed by atoms with Crippen LogP contribution >= 0.6 is 0 Å². The standard InChI is InChI=1S/C43H33N3O/c1-28-19-20-29(2)41(21-28)46(34-15-9-13-32(22-34)39-24-37(30(3)26-44-39)31-11-5-4-6-12-31)35-16-10-14-33(23-35)40-25-38-36-17-7-8-18-42(36)47-43(38)27-45-40/h4-27H,1-3H3. The minimum atomic E-state index is 0.792. The molecule has 4 nitrogen and oxygen atoms in total. The fourth-order valence-corrected chi connectivity index (χ4v) is 6.40. The minimum absolute atomic E-state index is 0.792. The minimum Gasteiger partial charge on any atom is -0.454 e. The third-order valence-corrected chi connectivity index (χ3v) is 8.86. The Kier molecular flexibility index (Phi) is 7.11. The van der Waals surface area contributed by atoms with Crippen molar-refractivity contribution in [1.82, 2.24) is 9.97 Å². The fraction of sp³-hybridized carbons (Fsp3) is 0.0698. The Bertz CT molecular complexity index is 2410. The second kappa shape index (κ2) is 11.7. The van der Waals surface area contributed by atoms with Crippen LogP contribution in [0.25, 0.3) is 55.6 Å². The van der Waals surface area contributed by atoms with Gasteiger partial charge in [0.1, 0.15) is 5.58 Å². The highest BCUT2D eigenvalue weighted by Crippen LogP contribution is 2.40. The van der Waals surface area contributed by atoms with E-state index in [9.17, 15) is 0 Å². The quantitative estimate of drug-likeness (QED) is 0.189. The van der Waals surface area contributed by atoms with E-state index in [1.807, 2.05) is 30.6 Å². The van der Waals surface area contributed by atoms with Gasteiger partial charge in [0.05, 0.1) is 17.6 Å². The van der Waals surface area contributed by atoms with E-state index in [-0.39, 0.29) is 0 Å². The number of aryl methyl sites for hydroxylation is 3. The van der Waals surface area contributed by atoms with E-state index in [0.29, 0.717) is 0 Å². The molecule has 0 bridgehead atoms. The largest absolute Gasteiger partial charge is 0.454 e. The number of rotatable bonds is 6. The van der Waals surface area contributed by atoms with E-state index in [4.69, 9.17) is 14.4 Å². The number of furan rings is 1. The lowest BCUT2D eigenvalue weighted by atomic mass is 9.99. The maximum Gasteiger partial charge on any atom is 0.153 e. The van der Waals surface area contributed by atoms with Gasteiger partial charge in [0.2, 0.25) is 0 Å². The Morgan fingerprint density at radius 3 is 1.91 bits per heavy atom. The van der Waals surface area contributed by atoms with Crippen molar-refractivity contribution in [3.63, 3.8) is 0 Å². The normalized spacial score (nSPS) is 11.3. The molecule has 8 aromatic rings. The number of hydrogen-bond donors (Lipinski definition) is 0. The summed E-state index contributed by atoms with van der Waals surface area (Å²) in [4.78, 5) is 12.0. The average molecular weight is 608 g/mol. The molecule has 0 saturated heterocycles. The molecule has 0 fully saturated rings. The van der Waals surface area contributed by atoms with Gasteiger partial charge in [0.15, 0.2) is 5.58 Å². The van der Waals surface area contributed by atoms with Crippen molar-refractivity contribution < 1.29 is 4.42 Å². The van der Waals surface area contributed by atoms with Crippen LogP contribution in [-0.4, -0.2) is 9.97 Å². The highest BCUT2D eigenvalue weighted by molar-refractivity contribution is 6.05. The van der Waals surface area contributed by atoms with Gasteiger partial charge in [-0.25, -0.2) is 0 Å². The number of fused-ring (bicyclic) bond motifs is 3. The molecule has 0 aliphatic heterocycles. The molecule has 0 amide bonds. The SMILES string of the molecule is Cc1ccc(C)c(N(c2cccc(-c3cc(-c4ccccc4)c(C)cn3)c2)c2cccc(-c3cc4c(cn3)oc3ccccc34)c2)c1. The van der Waals surface area contributed by atoms with Gasteiger partial charge < -0.3 is 9.32 Å². The summed E-state index contributed by atoms with van der Waals surface area (Å²) in [5.41, 5.74) is 14.8. The van der Waals surface area contributed by atoms with Crippen LogP contribution in [0.1, 0.15) is 16.7 Å². The van der Waals surface area contributed by atoms with Gasteiger partial charge in [0, 0.05) is 45.2 Å². The molecule has 0 N–H and O–H groups in total. The molecule has 0 aliphatic carbocycles. The van der Waals surface area contributed by atoms with Gasteiger partial charge in [0.25, 0.3) is 0 Å².